The molecule has 0 atom stereocenters. The zero-order valence-corrected chi connectivity index (χ0v) is 12.9. The second kappa shape index (κ2) is 6.74. The minimum atomic E-state index is -1.04. The summed E-state index contributed by atoms with van der Waals surface area (Å²) < 4.78 is 0. The highest BCUT2D eigenvalue weighted by molar-refractivity contribution is 7.12. The number of aryl methyl sites for hydroxylation is 2. The maximum absolute atomic E-state index is 11.9. The molecule has 0 unspecified atom stereocenters. The Morgan fingerprint density at radius 3 is 2.76 bits per heavy atom. The van der Waals surface area contributed by atoms with Crippen LogP contribution in [0.3, 0.4) is 0 Å². The molecule has 110 valence electrons. The van der Waals surface area contributed by atoms with Gasteiger partial charge in [-0.3, -0.25) is 4.79 Å². The van der Waals surface area contributed by atoms with Crippen LogP contribution in [-0.2, 0) is 11.2 Å². The third kappa shape index (κ3) is 4.06. The van der Waals surface area contributed by atoms with Crippen LogP contribution < -0.4 is 5.32 Å². The first-order valence-corrected chi connectivity index (χ1v) is 7.59. The highest BCUT2D eigenvalue weighted by Crippen LogP contribution is 2.22. The van der Waals surface area contributed by atoms with Crippen molar-refractivity contribution in [1.82, 2.24) is 0 Å². The van der Waals surface area contributed by atoms with E-state index < -0.39 is 5.97 Å². The fraction of sp³-hybridized carbons (Fsp3) is 0.200. The molecular formula is C15H14ClNO3S. The zero-order chi connectivity index (χ0) is 15.4. The van der Waals surface area contributed by atoms with E-state index in [1.807, 2.05) is 25.1 Å². The van der Waals surface area contributed by atoms with E-state index in [4.69, 9.17) is 16.7 Å². The Balaban J connectivity index is 1.94. The molecule has 2 aromatic rings. The number of rotatable bonds is 5. The summed E-state index contributed by atoms with van der Waals surface area (Å²) in [6.07, 6.45) is 0.826. The van der Waals surface area contributed by atoms with Crippen LogP contribution >= 0.6 is 22.9 Å². The molecule has 0 aliphatic rings. The molecule has 0 aliphatic carbocycles. The van der Waals surface area contributed by atoms with Gasteiger partial charge in [0.1, 0.15) is 4.88 Å². The van der Waals surface area contributed by atoms with Gasteiger partial charge in [-0.05, 0) is 42.0 Å². The summed E-state index contributed by atoms with van der Waals surface area (Å²) in [6, 6.07) is 7.28. The van der Waals surface area contributed by atoms with Gasteiger partial charge in [0.25, 0.3) is 0 Å². The number of carboxylic acid groups (broad SMARTS) is 1. The number of carbonyl (C=O) groups excluding carboxylic acids is 1. The van der Waals surface area contributed by atoms with Crippen LogP contribution in [0.2, 0.25) is 5.02 Å². The standard InChI is InChI=1S/C15H14ClNO3S/c1-9-2-3-10(8-11(9)16)4-5-13(18)17-12-6-7-21-14(12)15(19)20/h2-3,6-8H,4-5H2,1H3,(H,17,18)(H,19,20). The Kier molecular flexibility index (Phi) is 4.98. The van der Waals surface area contributed by atoms with E-state index in [1.165, 1.54) is 0 Å². The zero-order valence-electron chi connectivity index (χ0n) is 11.4. The molecule has 0 radical (unpaired) electrons. The second-order valence-electron chi connectivity index (χ2n) is 4.60. The Morgan fingerprint density at radius 1 is 1.33 bits per heavy atom. The Hall–Kier alpha value is -1.85. The van der Waals surface area contributed by atoms with E-state index in [0.717, 1.165) is 22.5 Å². The number of amides is 1. The number of hydrogen-bond donors (Lipinski definition) is 2. The summed E-state index contributed by atoms with van der Waals surface area (Å²) in [5.41, 5.74) is 2.32. The van der Waals surface area contributed by atoms with Crippen LogP contribution in [0.5, 0.6) is 0 Å². The van der Waals surface area contributed by atoms with E-state index in [0.29, 0.717) is 17.1 Å². The van der Waals surface area contributed by atoms with Crippen molar-refractivity contribution < 1.29 is 14.7 Å². The number of nitrogens with one attached hydrogen (secondary N) is 1. The molecule has 21 heavy (non-hydrogen) atoms. The van der Waals surface area contributed by atoms with Gasteiger partial charge in [-0.15, -0.1) is 11.3 Å². The maximum Gasteiger partial charge on any atom is 0.348 e. The summed E-state index contributed by atoms with van der Waals surface area (Å²) in [5.74, 6) is -1.25. The van der Waals surface area contributed by atoms with Crippen molar-refractivity contribution in [2.75, 3.05) is 5.32 Å². The number of thiophene rings is 1. The summed E-state index contributed by atoms with van der Waals surface area (Å²) in [5, 5.41) is 13.9. The minimum absolute atomic E-state index is 0.140. The molecule has 0 spiro atoms. The van der Waals surface area contributed by atoms with Crippen molar-refractivity contribution in [3.63, 3.8) is 0 Å². The highest BCUT2D eigenvalue weighted by Gasteiger charge is 2.13. The van der Waals surface area contributed by atoms with Crippen molar-refractivity contribution in [2.24, 2.45) is 0 Å². The summed E-state index contributed by atoms with van der Waals surface area (Å²) in [7, 11) is 0. The van der Waals surface area contributed by atoms with Gasteiger partial charge >= 0.3 is 5.97 Å². The average molecular weight is 324 g/mol. The highest BCUT2D eigenvalue weighted by atomic mass is 35.5. The van der Waals surface area contributed by atoms with Gasteiger partial charge in [0.05, 0.1) is 5.69 Å². The van der Waals surface area contributed by atoms with Gasteiger partial charge in [-0.1, -0.05) is 23.7 Å². The first-order chi connectivity index (χ1) is 9.97. The molecule has 0 aliphatic heterocycles. The molecule has 0 saturated carbocycles. The lowest BCUT2D eigenvalue weighted by Gasteiger charge is -2.06. The van der Waals surface area contributed by atoms with Crippen LogP contribution in [-0.4, -0.2) is 17.0 Å². The molecule has 6 heteroatoms. The Morgan fingerprint density at radius 2 is 2.10 bits per heavy atom. The number of hydrogen-bond acceptors (Lipinski definition) is 3. The number of halogens is 1. The summed E-state index contributed by atoms with van der Waals surface area (Å²) >= 11 is 7.12. The van der Waals surface area contributed by atoms with E-state index in [9.17, 15) is 9.59 Å². The largest absolute Gasteiger partial charge is 0.477 e. The number of aromatic carboxylic acids is 1. The van der Waals surface area contributed by atoms with Crippen LogP contribution in [0.15, 0.2) is 29.6 Å². The van der Waals surface area contributed by atoms with Crippen molar-refractivity contribution >= 4 is 40.5 Å². The van der Waals surface area contributed by atoms with Crippen molar-refractivity contribution in [3.05, 3.63) is 50.7 Å². The third-order valence-electron chi connectivity index (χ3n) is 3.01. The molecule has 1 aromatic heterocycles. The van der Waals surface area contributed by atoms with Gasteiger partial charge in [0.15, 0.2) is 0 Å². The predicted molar refractivity (Wildman–Crippen MR) is 84.4 cm³/mol. The predicted octanol–water partition coefficient (Wildman–Crippen LogP) is 3.98. The van der Waals surface area contributed by atoms with E-state index in [1.54, 1.807) is 11.4 Å². The smallest absolute Gasteiger partial charge is 0.348 e. The normalized spacial score (nSPS) is 10.4. The topological polar surface area (TPSA) is 66.4 Å². The van der Waals surface area contributed by atoms with E-state index >= 15 is 0 Å². The fourth-order valence-corrected chi connectivity index (χ4v) is 2.73. The fourth-order valence-electron chi connectivity index (χ4n) is 1.84. The average Bonchev–Trinajstić information content (AvgIpc) is 2.88. The van der Waals surface area contributed by atoms with Gasteiger partial charge in [-0.2, -0.15) is 0 Å². The van der Waals surface area contributed by atoms with E-state index in [2.05, 4.69) is 5.32 Å². The second-order valence-corrected chi connectivity index (χ2v) is 5.92. The Labute approximate surface area is 131 Å². The van der Waals surface area contributed by atoms with Crippen molar-refractivity contribution in [3.8, 4) is 0 Å². The van der Waals surface area contributed by atoms with Crippen LogP contribution in [0.25, 0.3) is 0 Å². The first-order valence-electron chi connectivity index (χ1n) is 6.33. The lowest BCUT2D eigenvalue weighted by atomic mass is 10.1. The van der Waals surface area contributed by atoms with Gasteiger partial charge < -0.3 is 10.4 Å². The molecule has 0 saturated heterocycles. The van der Waals surface area contributed by atoms with Gasteiger partial charge in [-0.25, -0.2) is 4.79 Å². The molecule has 2 rings (SSSR count). The molecule has 2 N–H and O–H groups in total. The SMILES string of the molecule is Cc1ccc(CCC(=O)Nc2ccsc2C(=O)O)cc1Cl. The molecular weight excluding hydrogens is 310 g/mol. The summed E-state index contributed by atoms with van der Waals surface area (Å²) in [6.45, 7) is 1.92. The van der Waals surface area contributed by atoms with Crippen molar-refractivity contribution in [1.29, 1.82) is 0 Å². The third-order valence-corrected chi connectivity index (χ3v) is 4.32. The lowest BCUT2D eigenvalue weighted by molar-refractivity contribution is -0.116. The molecule has 1 aromatic carbocycles. The van der Waals surface area contributed by atoms with Gasteiger partial charge in [0.2, 0.25) is 5.91 Å². The number of anilines is 1. The minimum Gasteiger partial charge on any atom is -0.477 e. The molecule has 1 amide bonds. The quantitative estimate of drug-likeness (QED) is 0.874. The molecule has 4 nitrogen and oxygen atoms in total. The number of carbonyl (C=O) groups is 2. The lowest BCUT2D eigenvalue weighted by Crippen LogP contribution is -2.13. The van der Waals surface area contributed by atoms with Crippen LogP contribution in [0, 0.1) is 6.92 Å². The maximum atomic E-state index is 11.9. The monoisotopic (exact) mass is 323 g/mol. The molecule has 1 heterocycles. The first kappa shape index (κ1) is 15.5. The van der Waals surface area contributed by atoms with Crippen LogP contribution in [0.4, 0.5) is 5.69 Å². The Bertz CT molecular complexity index is 681. The van der Waals surface area contributed by atoms with Crippen molar-refractivity contribution in [2.45, 2.75) is 19.8 Å². The number of benzene rings is 1. The van der Waals surface area contributed by atoms with E-state index in [-0.39, 0.29) is 17.2 Å². The number of carboxylic acids is 1. The van der Waals surface area contributed by atoms with Gasteiger partial charge in [0, 0.05) is 11.4 Å². The molecule has 0 fully saturated rings. The summed E-state index contributed by atoms with van der Waals surface area (Å²) in [4.78, 5) is 23.0. The van der Waals surface area contributed by atoms with Crippen LogP contribution in [0.1, 0.15) is 27.2 Å². The molecule has 0 bridgehead atoms.